The first-order chi connectivity index (χ1) is 18.7. The molecule has 0 spiro atoms. The first-order valence-electron chi connectivity index (χ1n) is 14.5. The Morgan fingerprint density at radius 3 is 2.58 bits per heavy atom. The summed E-state index contributed by atoms with van der Waals surface area (Å²) in [5.41, 5.74) is 6.44. The Labute approximate surface area is 226 Å². The van der Waals surface area contributed by atoms with E-state index in [1.54, 1.807) is 0 Å². The number of aryl methyl sites for hydroxylation is 1. The smallest absolute Gasteiger partial charge is 0.133 e. The number of hydrogen-bond donors (Lipinski definition) is 0. The second-order valence-corrected chi connectivity index (χ2v) is 11.6. The molecule has 0 bridgehead atoms. The molecule has 2 fully saturated rings. The van der Waals surface area contributed by atoms with E-state index in [9.17, 15) is 0 Å². The monoisotopic (exact) mass is 506 g/mol. The maximum absolute atomic E-state index is 6.56. The third-order valence-electron chi connectivity index (χ3n) is 9.14. The van der Waals surface area contributed by atoms with Gasteiger partial charge < -0.3 is 18.9 Å². The van der Waals surface area contributed by atoms with E-state index in [1.807, 2.05) is 0 Å². The summed E-state index contributed by atoms with van der Waals surface area (Å²) < 4.78 is 15.5. The second-order valence-electron chi connectivity index (χ2n) is 11.6. The number of likely N-dealkylation sites (N-methyl/N-ethyl adjacent to an activating group) is 1. The zero-order chi connectivity index (χ0) is 25.6. The Bertz CT molecular complexity index is 1460. The summed E-state index contributed by atoms with van der Waals surface area (Å²) in [5, 5.41) is 1.33. The van der Waals surface area contributed by atoms with Crippen LogP contribution in [0.1, 0.15) is 73.2 Å². The van der Waals surface area contributed by atoms with E-state index < -0.39 is 0 Å². The third kappa shape index (κ3) is 4.19. The van der Waals surface area contributed by atoms with Crippen LogP contribution in [0, 0.1) is 6.92 Å². The zero-order valence-corrected chi connectivity index (χ0v) is 22.7. The van der Waals surface area contributed by atoms with Crippen molar-refractivity contribution in [3.05, 3.63) is 89.1 Å². The van der Waals surface area contributed by atoms with Crippen LogP contribution in [0.2, 0.25) is 0 Å². The number of nitrogens with zero attached hydrogens (tertiary/aromatic N) is 2. The number of likely N-dealkylation sites (tertiary alicyclic amines) is 1. The lowest BCUT2D eigenvalue weighted by molar-refractivity contribution is 0.155. The molecule has 2 aliphatic heterocycles. The molecule has 0 radical (unpaired) electrons. The molecule has 0 N–H and O–H groups in total. The van der Waals surface area contributed by atoms with Gasteiger partial charge in [-0.15, -0.1) is 0 Å². The van der Waals surface area contributed by atoms with Crippen molar-refractivity contribution in [2.24, 2.45) is 0 Å². The molecule has 4 aromatic rings. The lowest BCUT2D eigenvalue weighted by atomic mass is 9.91. The van der Waals surface area contributed by atoms with E-state index >= 15 is 0 Å². The van der Waals surface area contributed by atoms with Gasteiger partial charge in [0.2, 0.25) is 0 Å². The fourth-order valence-corrected chi connectivity index (χ4v) is 7.08. The minimum Gasteiger partial charge on any atom is -0.490 e. The summed E-state index contributed by atoms with van der Waals surface area (Å²) in [5.74, 6) is 2.93. The molecule has 3 aromatic carbocycles. The highest BCUT2D eigenvalue weighted by atomic mass is 16.5. The number of benzene rings is 3. The Morgan fingerprint density at radius 1 is 0.895 bits per heavy atom. The lowest BCUT2D eigenvalue weighted by Crippen LogP contribution is -2.26. The molecule has 38 heavy (non-hydrogen) atoms. The van der Waals surface area contributed by atoms with Gasteiger partial charge in [-0.2, -0.15) is 0 Å². The van der Waals surface area contributed by atoms with Crippen LogP contribution in [0.3, 0.4) is 0 Å². The fourth-order valence-electron chi connectivity index (χ4n) is 7.08. The van der Waals surface area contributed by atoms with Crippen molar-refractivity contribution in [1.82, 2.24) is 9.47 Å². The molecule has 1 aliphatic carbocycles. The molecule has 3 heterocycles. The highest BCUT2D eigenvalue weighted by Gasteiger charge is 2.32. The van der Waals surface area contributed by atoms with Crippen LogP contribution in [0.25, 0.3) is 10.9 Å². The van der Waals surface area contributed by atoms with E-state index in [0.717, 1.165) is 23.7 Å². The largest absolute Gasteiger partial charge is 0.490 e. The topological polar surface area (TPSA) is 26.6 Å². The number of para-hydroxylation sites is 1. The van der Waals surface area contributed by atoms with Crippen LogP contribution in [0.15, 0.2) is 66.9 Å². The number of ether oxygens (including phenoxy) is 2. The molecular weight excluding hydrogens is 468 g/mol. The predicted octanol–water partition coefficient (Wildman–Crippen LogP) is 8.04. The van der Waals surface area contributed by atoms with Crippen LogP contribution in [0.5, 0.6) is 17.2 Å². The van der Waals surface area contributed by atoms with Crippen molar-refractivity contribution in [3.8, 4) is 17.2 Å². The molecule has 2 atom stereocenters. The molecule has 7 rings (SSSR count). The molecule has 3 aliphatic rings. The van der Waals surface area contributed by atoms with Crippen LogP contribution in [-0.4, -0.2) is 35.2 Å². The molecule has 4 heteroatoms. The number of fused-ring (bicyclic) bond motifs is 3. The van der Waals surface area contributed by atoms with Crippen LogP contribution < -0.4 is 9.47 Å². The van der Waals surface area contributed by atoms with Gasteiger partial charge in [0.15, 0.2) is 0 Å². The van der Waals surface area contributed by atoms with Gasteiger partial charge in [0.1, 0.15) is 17.2 Å². The number of aromatic nitrogens is 1. The summed E-state index contributed by atoms with van der Waals surface area (Å²) in [6.07, 6.45) is 12.7. The third-order valence-corrected chi connectivity index (χ3v) is 9.14. The quantitative estimate of drug-likeness (QED) is 0.241. The van der Waals surface area contributed by atoms with Crippen molar-refractivity contribution in [2.75, 3.05) is 13.6 Å². The maximum atomic E-state index is 6.56. The van der Waals surface area contributed by atoms with Gasteiger partial charge in [-0.05, 0) is 107 Å². The van der Waals surface area contributed by atoms with E-state index in [4.69, 9.17) is 9.47 Å². The zero-order valence-electron chi connectivity index (χ0n) is 22.7. The summed E-state index contributed by atoms with van der Waals surface area (Å²) in [6, 6.07) is 22.4. The highest BCUT2D eigenvalue weighted by molar-refractivity contribution is 5.86. The Hall–Kier alpha value is -3.24. The van der Waals surface area contributed by atoms with Gasteiger partial charge in [0.05, 0.1) is 12.1 Å². The van der Waals surface area contributed by atoms with Gasteiger partial charge in [-0.1, -0.05) is 36.8 Å². The van der Waals surface area contributed by atoms with Gasteiger partial charge in [0.25, 0.3) is 0 Å². The van der Waals surface area contributed by atoms with Gasteiger partial charge in [0, 0.05) is 34.3 Å². The van der Waals surface area contributed by atoms with E-state index in [1.165, 1.54) is 84.6 Å². The lowest BCUT2D eigenvalue weighted by Gasteiger charge is -2.31. The van der Waals surface area contributed by atoms with Crippen LogP contribution >= 0.6 is 0 Å². The van der Waals surface area contributed by atoms with E-state index in [-0.39, 0.29) is 6.04 Å². The minimum atomic E-state index is 0.0684. The standard InChI is InChI=1S/C34H38N2O2/c1-23-10-8-16-32-33(23)34(28-14-6-7-15-31(28)38-32)36-22-24(20-25-11-9-19-35(25)2)29-21-27(17-18-30(29)36)37-26-12-4-3-5-13-26/h6-8,10,14-18,21-22,25-26,34H,3-5,9,11-13,19-20H2,1-2H3/t25-,34-/m0/s1. The van der Waals surface area contributed by atoms with Crippen molar-refractivity contribution in [1.29, 1.82) is 0 Å². The predicted molar refractivity (Wildman–Crippen MR) is 154 cm³/mol. The Kier molecular flexibility index (Phi) is 6.16. The van der Waals surface area contributed by atoms with E-state index in [2.05, 4.69) is 90.3 Å². The van der Waals surface area contributed by atoms with Crippen molar-refractivity contribution < 1.29 is 9.47 Å². The molecule has 1 saturated carbocycles. The minimum absolute atomic E-state index is 0.0684. The fraction of sp³-hybridized carbons (Fsp3) is 0.412. The Balaban J connectivity index is 1.37. The second kappa shape index (κ2) is 9.81. The first-order valence-corrected chi connectivity index (χ1v) is 14.5. The Morgan fingerprint density at radius 2 is 1.74 bits per heavy atom. The number of hydrogen-bond acceptors (Lipinski definition) is 3. The molecule has 1 aromatic heterocycles. The summed E-state index contributed by atoms with van der Waals surface area (Å²) in [7, 11) is 2.28. The first kappa shape index (κ1) is 23.8. The number of rotatable bonds is 5. The SMILES string of the molecule is Cc1cccc2c1[C@@H](n1cc(C[C@@H]3CCCN3C)c3cc(OC4CCCCC4)ccc31)c1ccccc1O2. The molecule has 4 nitrogen and oxygen atoms in total. The van der Waals surface area contributed by atoms with Crippen molar-refractivity contribution in [2.45, 2.75) is 76.5 Å². The van der Waals surface area contributed by atoms with Gasteiger partial charge >= 0.3 is 0 Å². The highest BCUT2D eigenvalue weighted by Crippen LogP contribution is 2.48. The van der Waals surface area contributed by atoms with E-state index in [0.29, 0.717) is 12.1 Å². The summed E-state index contributed by atoms with van der Waals surface area (Å²) in [4.78, 5) is 2.54. The summed E-state index contributed by atoms with van der Waals surface area (Å²) in [6.45, 7) is 3.40. The summed E-state index contributed by atoms with van der Waals surface area (Å²) >= 11 is 0. The molecular formula is C34H38N2O2. The molecule has 1 saturated heterocycles. The normalized spacial score (nSPS) is 21.7. The van der Waals surface area contributed by atoms with Crippen LogP contribution in [0.4, 0.5) is 0 Å². The van der Waals surface area contributed by atoms with Crippen LogP contribution in [-0.2, 0) is 6.42 Å². The van der Waals surface area contributed by atoms with Gasteiger partial charge in [-0.25, -0.2) is 0 Å². The molecule has 196 valence electrons. The molecule has 0 unspecified atom stereocenters. The van der Waals surface area contributed by atoms with Gasteiger partial charge in [-0.3, -0.25) is 0 Å². The maximum Gasteiger partial charge on any atom is 0.133 e. The van der Waals surface area contributed by atoms with Crippen molar-refractivity contribution in [3.63, 3.8) is 0 Å². The average Bonchev–Trinajstić information content (AvgIpc) is 3.51. The average molecular weight is 507 g/mol. The molecule has 0 amide bonds. The van der Waals surface area contributed by atoms with Crippen molar-refractivity contribution >= 4 is 10.9 Å².